The van der Waals surface area contributed by atoms with Gasteiger partial charge in [-0.15, -0.1) is 11.3 Å². The maximum Gasteiger partial charge on any atom is 0.340 e. The molecule has 0 aliphatic carbocycles. The highest BCUT2D eigenvalue weighted by Crippen LogP contribution is 2.38. The predicted octanol–water partition coefficient (Wildman–Crippen LogP) is 6.04. The molecule has 0 radical (unpaired) electrons. The third kappa shape index (κ3) is 5.25. The van der Waals surface area contributed by atoms with Gasteiger partial charge in [0.05, 0.1) is 28.8 Å². The number of ether oxygens (including phenoxy) is 1. The van der Waals surface area contributed by atoms with E-state index in [2.05, 4.69) is 19.2 Å². The van der Waals surface area contributed by atoms with Crippen LogP contribution in [0, 0.1) is 11.7 Å². The fourth-order valence-corrected chi connectivity index (χ4v) is 5.16. The molecule has 0 atom stereocenters. The van der Waals surface area contributed by atoms with Crippen LogP contribution in [0.1, 0.15) is 50.7 Å². The lowest BCUT2D eigenvalue weighted by atomic mass is 9.93. The Bertz CT molecular complexity index is 1390. The van der Waals surface area contributed by atoms with Crippen LogP contribution in [-0.4, -0.2) is 31.0 Å². The Labute approximate surface area is 208 Å². The van der Waals surface area contributed by atoms with E-state index in [1.165, 1.54) is 30.6 Å². The van der Waals surface area contributed by atoms with Gasteiger partial charge >= 0.3 is 5.97 Å². The summed E-state index contributed by atoms with van der Waals surface area (Å²) in [5.41, 5.74) is 4.62. The summed E-state index contributed by atoms with van der Waals surface area (Å²) in [6.45, 7) is 4.15. The molecule has 2 aromatic heterocycles. The molecule has 2 aromatic carbocycles. The van der Waals surface area contributed by atoms with Crippen LogP contribution in [0.25, 0.3) is 21.3 Å². The summed E-state index contributed by atoms with van der Waals surface area (Å²) in [5.74, 6) is -0.624. The summed E-state index contributed by atoms with van der Waals surface area (Å²) in [6.07, 6.45) is 1.23. The molecular weight excluding hydrogens is 463 g/mol. The minimum absolute atomic E-state index is 0.178. The number of rotatable bonds is 7. The Morgan fingerprint density at radius 1 is 1.06 bits per heavy atom. The predicted molar refractivity (Wildman–Crippen MR) is 138 cm³/mol. The maximum atomic E-state index is 13.3. The van der Waals surface area contributed by atoms with E-state index >= 15 is 0 Å². The van der Waals surface area contributed by atoms with Crippen LogP contribution < -0.4 is 5.32 Å². The summed E-state index contributed by atoms with van der Waals surface area (Å²) < 4.78 is 18.5. The van der Waals surface area contributed by atoms with Crippen molar-refractivity contribution in [1.82, 2.24) is 10.3 Å². The third-order valence-electron chi connectivity index (χ3n) is 5.74. The van der Waals surface area contributed by atoms with Crippen LogP contribution >= 0.6 is 11.3 Å². The second kappa shape index (κ2) is 10.4. The monoisotopic (exact) mass is 490 g/mol. The molecule has 7 heteroatoms. The molecule has 1 amide bonds. The Kier molecular flexibility index (Phi) is 7.26. The number of nitrogens with one attached hydrogen (secondary N) is 1. The largest absolute Gasteiger partial charge is 0.465 e. The van der Waals surface area contributed by atoms with Crippen LogP contribution in [0.15, 0.2) is 54.6 Å². The van der Waals surface area contributed by atoms with Crippen LogP contribution in [0.2, 0.25) is 0 Å². The first-order chi connectivity index (χ1) is 16.8. The summed E-state index contributed by atoms with van der Waals surface area (Å²) >= 11 is 1.33. The zero-order valence-electron chi connectivity index (χ0n) is 20.1. The lowest BCUT2D eigenvalue weighted by Gasteiger charge is -2.17. The van der Waals surface area contributed by atoms with Crippen molar-refractivity contribution in [2.75, 3.05) is 14.2 Å². The first-order valence-electron chi connectivity index (χ1n) is 11.4. The molecule has 0 unspecified atom stereocenters. The van der Waals surface area contributed by atoms with Gasteiger partial charge in [-0.3, -0.25) is 9.78 Å². The number of hydrogen-bond acceptors (Lipinski definition) is 5. The molecule has 2 heterocycles. The number of pyridine rings is 1. The summed E-state index contributed by atoms with van der Waals surface area (Å²) in [4.78, 5) is 31.5. The fourth-order valence-electron chi connectivity index (χ4n) is 4.14. The summed E-state index contributed by atoms with van der Waals surface area (Å²) in [7, 11) is 2.96. The van der Waals surface area contributed by atoms with Crippen molar-refractivity contribution in [3.8, 4) is 10.4 Å². The Morgan fingerprint density at radius 3 is 2.43 bits per heavy atom. The Hall–Kier alpha value is -3.58. The van der Waals surface area contributed by atoms with E-state index in [0.29, 0.717) is 29.0 Å². The summed E-state index contributed by atoms with van der Waals surface area (Å²) in [6, 6.07) is 16.0. The number of halogens is 1. The number of esters is 1. The number of carbonyl (C=O) groups excluding carboxylic acids is 2. The second-order valence-electron chi connectivity index (χ2n) is 8.80. The molecule has 0 aliphatic heterocycles. The van der Waals surface area contributed by atoms with Crippen LogP contribution in [0.5, 0.6) is 0 Å². The van der Waals surface area contributed by atoms with E-state index in [1.54, 1.807) is 25.2 Å². The average molecular weight is 491 g/mol. The second-order valence-corrected chi connectivity index (χ2v) is 9.88. The molecular formula is C28H27FN2O3S. The zero-order valence-corrected chi connectivity index (χ0v) is 21.0. The molecule has 35 heavy (non-hydrogen) atoms. The molecule has 0 aliphatic rings. The molecule has 0 bridgehead atoms. The molecule has 4 rings (SSSR count). The van der Waals surface area contributed by atoms with Crippen molar-refractivity contribution in [3.63, 3.8) is 0 Å². The first kappa shape index (κ1) is 24.5. The van der Waals surface area contributed by atoms with E-state index in [1.807, 2.05) is 24.3 Å². The molecule has 5 nitrogen and oxygen atoms in total. The lowest BCUT2D eigenvalue weighted by Crippen LogP contribution is -2.16. The number of hydrogen-bond donors (Lipinski definition) is 1. The fraction of sp³-hybridized carbons (Fsp3) is 0.250. The summed E-state index contributed by atoms with van der Waals surface area (Å²) in [5, 5.41) is 3.46. The highest BCUT2D eigenvalue weighted by atomic mass is 32.1. The van der Waals surface area contributed by atoms with Gasteiger partial charge in [-0.1, -0.05) is 38.1 Å². The van der Waals surface area contributed by atoms with Gasteiger partial charge in [0.15, 0.2) is 0 Å². The van der Waals surface area contributed by atoms with Crippen LogP contribution in [0.4, 0.5) is 4.39 Å². The highest BCUT2D eigenvalue weighted by molar-refractivity contribution is 7.17. The number of nitrogens with zero attached hydrogens (tertiary/aromatic N) is 1. The van der Waals surface area contributed by atoms with Crippen LogP contribution in [0.3, 0.4) is 0 Å². The number of benzene rings is 2. The molecule has 1 N–H and O–H groups in total. The van der Waals surface area contributed by atoms with Crippen molar-refractivity contribution in [2.24, 2.45) is 5.92 Å². The van der Waals surface area contributed by atoms with Gasteiger partial charge in [0.2, 0.25) is 0 Å². The van der Waals surface area contributed by atoms with E-state index in [4.69, 9.17) is 9.72 Å². The number of thiophene rings is 1. The van der Waals surface area contributed by atoms with E-state index in [9.17, 15) is 14.0 Å². The van der Waals surface area contributed by atoms with Gasteiger partial charge in [0.25, 0.3) is 5.91 Å². The van der Waals surface area contributed by atoms with Gasteiger partial charge in [-0.05, 0) is 60.2 Å². The molecule has 0 saturated carbocycles. The third-order valence-corrected chi connectivity index (χ3v) is 6.84. The lowest BCUT2D eigenvalue weighted by molar-refractivity contribution is 0.0599. The quantitative estimate of drug-likeness (QED) is 0.321. The molecule has 4 aromatic rings. The number of carbonyl (C=O) groups is 2. The van der Waals surface area contributed by atoms with Gasteiger partial charge in [-0.25, -0.2) is 9.18 Å². The molecule has 0 saturated heterocycles. The van der Waals surface area contributed by atoms with E-state index in [-0.39, 0.29) is 17.6 Å². The van der Waals surface area contributed by atoms with Gasteiger partial charge < -0.3 is 10.1 Å². The average Bonchev–Trinajstić information content (AvgIpc) is 3.33. The van der Waals surface area contributed by atoms with E-state index < -0.39 is 5.97 Å². The molecule has 0 spiro atoms. The highest BCUT2D eigenvalue weighted by Gasteiger charge is 2.25. The van der Waals surface area contributed by atoms with Crippen molar-refractivity contribution >= 4 is 34.1 Å². The first-order valence-corrected chi connectivity index (χ1v) is 12.2. The zero-order chi connectivity index (χ0) is 25.1. The maximum absolute atomic E-state index is 13.3. The number of methoxy groups -OCH3 is 1. The van der Waals surface area contributed by atoms with Gasteiger partial charge in [0.1, 0.15) is 5.82 Å². The number of amides is 1. The Morgan fingerprint density at radius 2 is 1.77 bits per heavy atom. The topological polar surface area (TPSA) is 68.3 Å². The minimum atomic E-state index is -0.449. The molecule has 180 valence electrons. The van der Waals surface area contributed by atoms with Crippen molar-refractivity contribution < 1.29 is 18.7 Å². The smallest absolute Gasteiger partial charge is 0.340 e. The van der Waals surface area contributed by atoms with Gasteiger partial charge in [-0.2, -0.15) is 0 Å². The number of fused-ring (bicyclic) bond motifs is 1. The Balaban J connectivity index is 1.93. The van der Waals surface area contributed by atoms with Crippen LogP contribution in [-0.2, 0) is 17.6 Å². The van der Waals surface area contributed by atoms with Crippen molar-refractivity contribution in [1.29, 1.82) is 0 Å². The van der Waals surface area contributed by atoms with Crippen molar-refractivity contribution in [3.05, 3.63) is 87.7 Å². The van der Waals surface area contributed by atoms with E-state index in [0.717, 1.165) is 32.5 Å². The minimum Gasteiger partial charge on any atom is -0.465 e. The molecule has 0 fully saturated rings. The standard InChI is InChI=1S/C28H27FN2O3S/c1-16(2)13-22-26(28(33)34-4)25(23-11-12-24(35-23)27(32)30-3)20-10-7-18(15-21(20)31-22)14-17-5-8-19(29)9-6-17/h5-12,15-16H,13-14H2,1-4H3,(H,30,32). The van der Waals surface area contributed by atoms with Gasteiger partial charge in [0, 0.05) is 22.9 Å². The number of aromatic nitrogens is 1. The normalized spacial score (nSPS) is 11.1. The van der Waals surface area contributed by atoms with Crippen molar-refractivity contribution in [2.45, 2.75) is 26.7 Å². The SMILES string of the molecule is CNC(=O)c1ccc(-c2c(C(=O)OC)c(CC(C)C)nc3cc(Cc4ccc(F)cc4)ccc23)s1.